The molecule has 1 aliphatic rings. The second-order valence-corrected chi connectivity index (χ2v) is 4.13. The molecule has 1 aromatic heterocycles. The van der Waals surface area contributed by atoms with Crippen LogP contribution in [0.25, 0.3) is 0 Å². The number of hydrogen-bond donors (Lipinski definition) is 2. The zero-order valence-corrected chi connectivity index (χ0v) is 9.74. The van der Waals surface area contributed by atoms with Gasteiger partial charge in [-0.3, -0.25) is 4.79 Å². The zero-order chi connectivity index (χ0) is 13.0. The molecule has 7 nitrogen and oxygen atoms in total. The van der Waals surface area contributed by atoms with E-state index < -0.39 is 5.97 Å². The van der Waals surface area contributed by atoms with Crippen LogP contribution in [-0.2, 0) is 4.79 Å². The molecule has 0 saturated heterocycles. The number of aromatic nitrogens is 2. The average molecular weight is 250 g/mol. The Morgan fingerprint density at radius 2 is 2.06 bits per heavy atom. The third-order valence-electron chi connectivity index (χ3n) is 2.63. The van der Waals surface area contributed by atoms with Crippen LogP contribution < -0.4 is 5.32 Å². The van der Waals surface area contributed by atoms with E-state index in [-0.39, 0.29) is 25.0 Å². The summed E-state index contributed by atoms with van der Waals surface area (Å²) in [6.07, 6.45) is 6.17. The van der Waals surface area contributed by atoms with Gasteiger partial charge in [-0.2, -0.15) is 0 Å². The molecule has 1 heterocycles. The Morgan fingerprint density at radius 3 is 2.61 bits per heavy atom. The smallest absolute Gasteiger partial charge is 0.322 e. The molecule has 2 rings (SSSR count). The number of hydrogen-bond acceptors (Lipinski definition) is 4. The number of nitrogens with one attached hydrogen (secondary N) is 1. The van der Waals surface area contributed by atoms with Crippen LogP contribution in [-0.4, -0.2) is 44.6 Å². The van der Waals surface area contributed by atoms with E-state index >= 15 is 0 Å². The molecule has 0 bridgehead atoms. The summed E-state index contributed by atoms with van der Waals surface area (Å²) in [7, 11) is 0. The molecule has 18 heavy (non-hydrogen) atoms. The lowest BCUT2D eigenvalue weighted by Crippen LogP contribution is -2.38. The van der Waals surface area contributed by atoms with Crippen molar-refractivity contribution in [3.63, 3.8) is 0 Å². The lowest BCUT2D eigenvalue weighted by Gasteiger charge is -2.21. The van der Waals surface area contributed by atoms with Gasteiger partial charge in [0.25, 0.3) is 0 Å². The quantitative estimate of drug-likeness (QED) is 0.811. The highest BCUT2D eigenvalue weighted by Crippen LogP contribution is 2.27. The first-order valence-corrected chi connectivity index (χ1v) is 5.71. The third kappa shape index (κ3) is 3.41. The van der Waals surface area contributed by atoms with Crippen LogP contribution in [0.3, 0.4) is 0 Å². The van der Waals surface area contributed by atoms with Gasteiger partial charge in [-0.05, 0) is 12.8 Å². The molecule has 1 aromatic rings. The van der Waals surface area contributed by atoms with Crippen molar-refractivity contribution in [1.82, 2.24) is 14.9 Å². The van der Waals surface area contributed by atoms with Gasteiger partial charge in [0, 0.05) is 12.6 Å². The number of amides is 2. The summed E-state index contributed by atoms with van der Waals surface area (Å²) in [6, 6.07) is -0.137. The number of nitrogens with zero attached hydrogens (tertiary/aromatic N) is 3. The van der Waals surface area contributed by atoms with Gasteiger partial charge in [0.2, 0.25) is 0 Å². The largest absolute Gasteiger partial charge is 0.481 e. The molecule has 0 atom stereocenters. The summed E-state index contributed by atoms with van der Waals surface area (Å²) in [6.45, 7) is 0.222. The highest BCUT2D eigenvalue weighted by molar-refractivity contribution is 5.89. The van der Waals surface area contributed by atoms with Crippen molar-refractivity contribution in [1.29, 1.82) is 0 Å². The fourth-order valence-corrected chi connectivity index (χ4v) is 1.61. The van der Waals surface area contributed by atoms with Gasteiger partial charge in [0.05, 0.1) is 24.5 Å². The van der Waals surface area contributed by atoms with Crippen LogP contribution in [0.15, 0.2) is 18.7 Å². The van der Waals surface area contributed by atoms with Gasteiger partial charge in [-0.25, -0.2) is 14.8 Å². The Hall–Kier alpha value is -2.18. The SMILES string of the molecule is O=C(O)CCN(C(=O)Nc1cncnc1)C1CC1. The van der Waals surface area contributed by atoms with Crippen molar-refractivity contribution in [2.45, 2.75) is 25.3 Å². The van der Waals surface area contributed by atoms with Crippen molar-refractivity contribution in [2.75, 3.05) is 11.9 Å². The van der Waals surface area contributed by atoms with E-state index in [0.29, 0.717) is 5.69 Å². The Bertz CT molecular complexity index is 433. The number of urea groups is 1. The molecule has 0 aromatic carbocycles. The molecule has 1 fully saturated rings. The average Bonchev–Trinajstić information content (AvgIpc) is 3.14. The van der Waals surface area contributed by atoms with E-state index in [1.165, 1.54) is 18.7 Å². The van der Waals surface area contributed by atoms with E-state index in [1.54, 1.807) is 4.90 Å². The Balaban J connectivity index is 1.93. The second-order valence-electron chi connectivity index (χ2n) is 4.13. The maximum absolute atomic E-state index is 12.0. The lowest BCUT2D eigenvalue weighted by atomic mass is 10.4. The van der Waals surface area contributed by atoms with Gasteiger partial charge in [-0.1, -0.05) is 0 Å². The topological polar surface area (TPSA) is 95.4 Å². The predicted octanol–water partition coefficient (Wildman–Crippen LogP) is 0.948. The normalized spacial score (nSPS) is 14.0. The van der Waals surface area contributed by atoms with Crippen molar-refractivity contribution >= 4 is 17.7 Å². The minimum Gasteiger partial charge on any atom is -0.481 e. The van der Waals surface area contributed by atoms with Crippen molar-refractivity contribution < 1.29 is 14.7 Å². The van der Waals surface area contributed by atoms with Crippen LogP contribution in [0.5, 0.6) is 0 Å². The standard InChI is InChI=1S/C11H14N4O3/c16-10(17)3-4-15(9-1-2-9)11(18)14-8-5-12-7-13-6-8/h5-7,9H,1-4H2,(H,14,18)(H,16,17). The monoisotopic (exact) mass is 250 g/mol. The van der Waals surface area contributed by atoms with E-state index in [9.17, 15) is 9.59 Å². The summed E-state index contributed by atoms with van der Waals surface area (Å²) < 4.78 is 0. The molecule has 96 valence electrons. The minimum atomic E-state index is -0.906. The van der Waals surface area contributed by atoms with Gasteiger partial charge in [0.1, 0.15) is 6.33 Å². The maximum atomic E-state index is 12.0. The number of carbonyl (C=O) groups is 2. The molecular formula is C11H14N4O3. The van der Waals surface area contributed by atoms with E-state index in [2.05, 4.69) is 15.3 Å². The van der Waals surface area contributed by atoms with Crippen molar-refractivity contribution in [3.8, 4) is 0 Å². The molecule has 2 amide bonds. The highest BCUT2D eigenvalue weighted by Gasteiger charge is 2.32. The van der Waals surface area contributed by atoms with Crippen molar-refractivity contribution in [3.05, 3.63) is 18.7 Å². The molecule has 0 radical (unpaired) electrons. The van der Waals surface area contributed by atoms with Crippen LogP contribution in [0, 0.1) is 0 Å². The lowest BCUT2D eigenvalue weighted by molar-refractivity contribution is -0.137. The first kappa shape index (κ1) is 12.3. The fourth-order valence-electron chi connectivity index (χ4n) is 1.61. The summed E-state index contributed by atoms with van der Waals surface area (Å²) in [5.41, 5.74) is 0.503. The summed E-state index contributed by atoms with van der Waals surface area (Å²) >= 11 is 0. The van der Waals surface area contributed by atoms with E-state index in [0.717, 1.165) is 12.8 Å². The van der Waals surface area contributed by atoms with Gasteiger partial charge in [0.15, 0.2) is 0 Å². The van der Waals surface area contributed by atoms with Gasteiger partial charge in [-0.15, -0.1) is 0 Å². The number of rotatable bonds is 5. The fraction of sp³-hybridized carbons (Fsp3) is 0.455. The molecule has 0 spiro atoms. The molecule has 0 aliphatic heterocycles. The molecule has 1 aliphatic carbocycles. The number of carboxylic acids is 1. The molecule has 7 heteroatoms. The molecule has 2 N–H and O–H groups in total. The molecule has 1 saturated carbocycles. The minimum absolute atomic E-state index is 0.0464. The number of aliphatic carboxylic acids is 1. The number of anilines is 1. The Kier molecular flexibility index (Phi) is 3.71. The number of carboxylic acid groups (broad SMARTS) is 1. The summed E-state index contributed by atoms with van der Waals surface area (Å²) in [5.74, 6) is -0.906. The highest BCUT2D eigenvalue weighted by atomic mass is 16.4. The third-order valence-corrected chi connectivity index (χ3v) is 2.63. The Morgan fingerprint density at radius 1 is 1.39 bits per heavy atom. The summed E-state index contributed by atoms with van der Waals surface area (Å²) in [4.78, 5) is 31.7. The molecular weight excluding hydrogens is 236 g/mol. The van der Waals surface area contributed by atoms with Gasteiger partial charge >= 0.3 is 12.0 Å². The van der Waals surface area contributed by atoms with Crippen LogP contribution in [0.1, 0.15) is 19.3 Å². The van der Waals surface area contributed by atoms with Crippen molar-refractivity contribution in [2.24, 2.45) is 0 Å². The first-order chi connectivity index (χ1) is 8.66. The number of carbonyl (C=O) groups excluding carboxylic acids is 1. The zero-order valence-electron chi connectivity index (χ0n) is 9.74. The Labute approximate surface area is 104 Å². The van der Waals surface area contributed by atoms with Gasteiger partial charge < -0.3 is 15.3 Å². The predicted molar refractivity (Wildman–Crippen MR) is 63.0 cm³/mol. The molecule has 0 unspecified atom stereocenters. The second kappa shape index (κ2) is 5.44. The van der Waals surface area contributed by atoms with Crippen LogP contribution in [0.4, 0.5) is 10.5 Å². The van der Waals surface area contributed by atoms with E-state index in [4.69, 9.17) is 5.11 Å². The maximum Gasteiger partial charge on any atom is 0.322 e. The first-order valence-electron chi connectivity index (χ1n) is 5.71. The van der Waals surface area contributed by atoms with Crippen LogP contribution in [0.2, 0.25) is 0 Å². The van der Waals surface area contributed by atoms with Crippen LogP contribution >= 0.6 is 0 Å². The van der Waals surface area contributed by atoms with E-state index in [1.807, 2.05) is 0 Å². The summed E-state index contributed by atoms with van der Waals surface area (Å²) in [5, 5.41) is 11.3.